The fourth-order valence-electron chi connectivity index (χ4n) is 2.81. The molecule has 2 amide bonds. The van der Waals surface area contributed by atoms with Gasteiger partial charge in [-0.15, -0.1) is 16.5 Å². The van der Waals surface area contributed by atoms with Gasteiger partial charge in [0.2, 0.25) is 0 Å². The summed E-state index contributed by atoms with van der Waals surface area (Å²) in [6.45, 7) is 2.77. The minimum Gasteiger partial charge on any atom is -0.478 e. The van der Waals surface area contributed by atoms with Crippen molar-refractivity contribution in [3.63, 3.8) is 0 Å². The Hall–Kier alpha value is -2.98. The summed E-state index contributed by atoms with van der Waals surface area (Å²) in [6.07, 6.45) is 3.04. The Balaban J connectivity index is 0.000000479. The van der Waals surface area contributed by atoms with Crippen molar-refractivity contribution in [1.82, 2.24) is 15.2 Å². The lowest BCUT2D eigenvalue weighted by molar-refractivity contribution is -0.134. The first kappa shape index (κ1) is 25.1. The molecule has 1 aliphatic rings. The third-order valence-electron chi connectivity index (χ3n) is 4.08. The summed E-state index contributed by atoms with van der Waals surface area (Å²) in [6, 6.07) is 9.81. The third kappa shape index (κ3) is 10.5. The van der Waals surface area contributed by atoms with E-state index in [9.17, 15) is 19.3 Å². The third-order valence-corrected chi connectivity index (χ3v) is 4.25. The summed E-state index contributed by atoms with van der Waals surface area (Å²) < 4.78 is 0. The zero-order valence-electron chi connectivity index (χ0n) is 16.3. The second kappa shape index (κ2) is 14.1. The molecule has 0 spiro atoms. The molecule has 1 heterocycles. The highest BCUT2D eigenvalue weighted by atomic mass is 35.5. The summed E-state index contributed by atoms with van der Waals surface area (Å²) in [5.74, 6) is -2.33. The zero-order chi connectivity index (χ0) is 22.4. The first-order valence-corrected chi connectivity index (χ1v) is 9.76. The molecule has 1 aromatic rings. The van der Waals surface area contributed by atoms with E-state index in [0.717, 1.165) is 37.5 Å². The number of carbonyl (C=O) groups is 3. The first-order chi connectivity index (χ1) is 14.3. The van der Waals surface area contributed by atoms with Gasteiger partial charge in [0.05, 0.1) is 11.8 Å². The lowest BCUT2D eigenvalue weighted by Gasteiger charge is -2.33. The van der Waals surface area contributed by atoms with Crippen molar-refractivity contribution < 1.29 is 24.6 Å². The Bertz CT molecular complexity index is 715. The van der Waals surface area contributed by atoms with E-state index in [-0.39, 0.29) is 18.5 Å². The van der Waals surface area contributed by atoms with Crippen LogP contribution in [-0.2, 0) is 16.1 Å². The van der Waals surface area contributed by atoms with Gasteiger partial charge in [0.1, 0.15) is 0 Å². The van der Waals surface area contributed by atoms with Gasteiger partial charge in [0.15, 0.2) is 0 Å². The van der Waals surface area contributed by atoms with Gasteiger partial charge in [-0.25, -0.2) is 14.4 Å². The number of hydrogen-bond acceptors (Lipinski definition) is 6. The monoisotopic (exact) mass is 440 g/mol. The van der Waals surface area contributed by atoms with E-state index in [0.29, 0.717) is 12.2 Å². The number of rotatable bonds is 8. The van der Waals surface area contributed by atoms with Crippen molar-refractivity contribution in [2.24, 2.45) is 5.29 Å². The highest BCUT2D eigenvalue weighted by Crippen LogP contribution is 2.14. The molecule has 3 N–H and O–H groups in total. The summed E-state index contributed by atoms with van der Waals surface area (Å²) >= 11 is 5.55. The van der Waals surface area contributed by atoms with Crippen molar-refractivity contribution in [2.75, 3.05) is 25.5 Å². The van der Waals surface area contributed by atoms with Gasteiger partial charge in [0.25, 0.3) is 0 Å². The predicted molar refractivity (Wildman–Crippen MR) is 111 cm³/mol. The summed E-state index contributed by atoms with van der Waals surface area (Å²) in [5.41, 5.74) is 1.26. The van der Waals surface area contributed by atoms with Crippen LogP contribution in [0.25, 0.3) is 0 Å². The van der Waals surface area contributed by atoms with Gasteiger partial charge in [0, 0.05) is 37.2 Å². The molecule has 30 heavy (non-hydrogen) atoms. The molecule has 10 nitrogen and oxygen atoms in total. The van der Waals surface area contributed by atoms with Crippen LogP contribution in [-0.4, -0.2) is 69.6 Å². The number of carboxylic acid groups (broad SMARTS) is 2. The van der Waals surface area contributed by atoms with Crippen LogP contribution >= 0.6 is 11.6 Å². The number of amides is 2. The maximum atomic E-state index is 11.9. The van der Waals surface area contributed by atoms with Crippen LogP contribution in [0.1, 0.15) is 18.4 Å². The molecule has 0 aliphatic carbocycles. The molecule has 2 rings (SSSR count). The van der Waals surface area contributed by atoms with Crippen molar-refractivity contribution in [3.05, 3.63) is 53.0 Å². The molecule has 0 aromatic heterocycles. The van der Waals surface area contributed by atoms with Crippen LogP contribution in [0.4, 0.5) is 4.79 Å². The highest BCUT2D eigenvalue weighted by molar-refractivity contribution is 6.18. The minimum absolute atomic E-state index is 0.0320. The number of carbonyl (C=O) groups excluding carboxylic acids is 1. The van der Waals surface area contributed by atoms with E-state index in [1.165, 1.54) is 5.56 Å². The molecule has 1 unspecified atom stereocenters. The largest absolute Gasteiger partial charge is 0.478 e. The van der Waals surface area contributed by atoms with Gasteiger partial charge in [-0.1, -0.05) is 30.3 Å². The quantitative estimate of drug-likeness (QED) is 0.244. The molecule has 1 saturated heterocycles. The molecule has 11 heteroatoms. The summed E-state index contributed by atoms with van der Waals surface area (Å²) in [4.78, 5) is 44.0. The van der Waals surface area contributed by atoms with Crippen LogP contribution < -0.4 is 5.32 Å². The van der Waals surface area contributed by atoms with Gasteiger partial charge >= 0.3 is 18.0 Å². The minimum atomic E-state index is -1.26. The van der Waals surface area contributed by atoms with E-state index < -0.39 is 18.0 Å². The fraction of sp³-hybridized carbons (Fsp3) is 0.421. The number of benzene rings is 1. The molecule has 164 valence electrons. The second-order valence-corrected chi connectivity index (χ2v) is 6.79. The lowest BCUT2D eigenvalue weighted by Crippen LogP contribution is -2.50. The molecule has 1 aromatic carbocycles. The Labute approximate surface area is 179 Å². The summed E-state index contributed by atoms with van der Waals surface area (Å²) in [7, 11) is 0. The second-order valence-electron chi connectivity index (χ2n) is 6.41. The molecular formula is C19H25ClN4O6. The van der Waals surface area contributed by atoms with Crippen molar-refractivity contribution in [2.45, 2.75) is 25.4 Å². The standard InChI is InChI=1S/C15H21ClN4O2.C4H4O4/c16-8-10-20(18-22)15(21)17-14-7-4-9-19(12-14)11-13-5-2-1-3-6-13;5-3(6)1-2-4(7)8/h1-3,5-6,14H,4,7-12H2,(H,17,21);1-2H,(H,5,6)(H,7,8)/b;2-1-. The molecule has 0 saturated carbocycles. The number of nitrogens with one attached hydrogen (secondary N) is 1. The Morgan fingerprint density at radius 3 is 2.37 bits per heavy atom. The number of alkyl halides is 1. The Morgan fingerprint density at radius 2 is 1.83 bits per heavy atom. The molecule has 0 bridgehead atoms. The number of halogens is 1. The van der Waals surface area contributed by atoms with Gasteiger partial charge < -0.3 is 15.5 Å². The van der Waals surface area contributed by atoms with Crippen LogP contribution in [0.2, 0.25) is 0 Å². The van der Waals surface area contributed by atoms with Crippen molar-refractivity contribution in [3.8, 4) is 0 Å². The van der Waals surface area contributed by atoms with Crippen LogP contribution in [0.5, 0.6) is 0 Å². The van der Waals surface area contributed by atoms with Crippen LogP contribution in [0, 0.1) is 4.91 Å². The summed E-state index contributed by atoms with van der Waals surface area (Å²) in [5, 5.41) is 22.0. The van der Waals surface area contributed by atoms with Gasteiger partial charge in [-0.05, 0) is 24.9 Å². The van der Waals surface area contributed by atoms with Crippen molar-refractivity contribution >= 4 is 29.6 Å². The lowest BCUT2D eigenvalue weighted by atomic mass is 10.0. The maximum Gasteiger partial charge on any atom is 0.340 e. The number of carboxylic acids is 2. The Kier molecular flexibility index (Phi) is 11.8. The number of hydrogen-bond donors (Lipinski definition) is 3. The number of nitrogens with zero attached hydrogens (tertiary/aromatic N) is 3. The predicted octanol–water partition coefficient (Wildman–Crippen LogP) is 2.29. The first-order valence-electron chi connectivity index (χ1n) is 9.23. The van der Waals surface area contributed by atoms with E-state index in [4.69, 9.17) is 21.8 Å². The molecular weight excluding hydrogens is 416 g/mol. The number of aliphatic carboxylic acids is 2. The van der Waals surface area contributed by atoms with E-state index in [1.54, 1.807) is 0 Å². The topological polar surface area (TPSA) is 140 Å². The average molecular weight is 441 g/mol. The smallest absolute Gasteiger partial charge is 0.340 e. The van der Waals surface area contributed by atoms with Gasteiger partial charge in [-0.3, -0.25) is 4.90 Å². The molecule has 1 aliphatic heterocycles. The molecule has 0 radical (unpaired) electrons. The van der Waals surface area contributed by atoms with Crippen molar-refractivity contribution in [1.29, 1.82) is 0 Å². The number of urea groups is 1. The Morgan fingerprint density at radius 1 is 1.20 bits per heavy atom. The highest BCUT2D eigenvalue weighted by Gasteiger charge is 2.23. The maximum absolute atomic E-state index is 11.9. The molecule has 1 fully saturated rings. The fourth-order valence-corrected chi connectivity index (χ4v) is 2.97. The van der Waals surface area contributed by atoms with Gasteiger partial charge in [-0.2, -0.15) is 5.01 Å². The number of nitroso groups, excluding NO2 is 1. The normalized spacial score (nSPS) is 16.2. The zero-order valence-corrected chi connectivity index (χ0v) is 17.1. The van der Waals surface area contributed by atoms with E-state index in [2.05, 4.69) is 27.6 Å². The SMILES string of the molecule is O=C(O)/C=C\C(=O)O.O=NN(CCCl)C(=O)NC1CCCN(Cc2ccccc2)C1. The number of piperidine rings is 1. The van der Waals surface area contributed by atoms with E-state index in [1.807, 2.05) is 18.2 Å². The van der Waals surface area contributed by atoms with E-state index >= 15 is 0 Å². The van der Waals surface area contributed by atoms with Crippen LogP contribution in [0.3, 0.4) is 0 Å². The average Bonchev–Trinajstić information content (AvgIpc) is 2.72. The molecule has 1 atom stereocenters. The van der Waals surface area contributed by atoms with Crippen LogP contribution in [0.15, 0.2) is 47.8 Å². The number of likely N-dealkylation sites (tertiary alicyclic amines) is 1.